The molecule has 2 N–H and O–H groups in total. The zero-order valence-electron chi connectivity index (χ0n) is 16.4. The number of imidazole rings is 1. The van der Waals surface area contributed by atoms with Crippen molar-refractivity contribution in [3.8, 4) is 0 Å². The van der Waals surface area contributed by atoms with Crippen molar-refractivity contribution in [2.45, 2.75) is 56.8 Å². The highest BCUT2D eigenvalue weighted by Crippen LogP contribution is 2.38. The Labute approximate surface area is 166 Å². The van der Waals surface area contributed by atoms with E-state index in [1.165, 1.54) is 24.8 Å². The van der Waals surface area contributed by atoms with Crippen molar-refractivity contribution >= 4 is 16.9 Å². The van der Waals surface area contributed by atoms with Crippen LogP contribution >= 0.6 is 0 Å². The number of aromatic nitrogens is 2. The van der Waals surface area contributed by atoms with Gasteiger partial charge in [-0.15, -0.1) is 0 Å². The van der Waals surface area contributed by atoms with Crippen LogP contribution in [0.4, 0.5) is 0 Å². The van der Waals surface area contributed by atoms with E-state index in [2.05, 4.69) is 45.6 Å². The smallest absolute Gasteiger partial charge is 0.220 e. The summed E-state index contributed by atoms with van der Waals surface area (Å²) in [6.07, 6.45) is 8.28. The van der Waals surface area contributed by atoms with E-state index >= 15 is 0 Å². The first-order valence-electron chi connectivity index (χ1n) is 10.5. The van der Waals surface area contributed by atoms with Crippen LogP contribution in [0.2, 0.25) is 0 Å². The van der Waals surface area contributed by atoms with Crippen molar-refractivity contribution in [2.24, 2.45) is 0 Å². The quantitative estimate of drug-likeness (QED) is 0.617. The lowest BCUT2D eigenvalue weighted by Crippen LogP contribution is -2.42. The van der Waals surface area contributed by atoms with Crippen LogP contribution in [0.3, 0.4) is 0 Å². The maximum Gasteiger partial charge on any atom is 0.220 e. The highest BCUT2D eigenvalue weighted by molar-refractivity contribution is 5.76. The number of amides is 1. The number of fused-ring (bicyclic) bond motifs is 1. The molecule has 1 aliphatic rings. The van der Waals surface area contributed by atoms with Gasteiger partial charge in [0.15, 0.2) is 0 Å². The van der Waals surface area contributed by atoms with Crippen LogP contribution in [0.1, 0.15) is 56.3 Å². The van der Waals surface area contributed by atoms with Gasteiger partial charge in [-0.05, 0) is 37.0 Å². The lowest BCUT2D eigenvalue weighted by molar-refractivity contribution is -0.121. The SMILES string of the molecule is O=C(CCCc1nc2ccccc2[nH]1)NCC1(c2ccccc2)CCCCC1. The number of aromatic amines is 1. The molecule has 0 bridgehead atoms. The number of para-hydroxylation sites is 2. The van der Waals surface area contributed by atoms with Crippen LogP contribution in [0.25, 0.3) is 11.0 Å². The van der Waals surface area contributed by atoms with Gasteiger partial charge in [-0.2, -0.15) is 0 Å². The molecule has 1 fully saturated rings. The topological polar surface area (TPSA) is 57.8 Å². The summed E-state index contributed by atoms with van der Waals surface area (Å²) >= 11 is 0. The zero-order valence-corrected chi connectivity index (χ0v) is 16.4. The van der Waals surface area contributed by atoms with Crippen LogP contribution in [0, 0.1) is 0 Å². The van der Waals surface area contributed by atoms with Crippen LogP contribution in [-0.4, -0.2) is 22.4 Å². The van der Waals surface area contributed by atoms with E-state index in [0.717, 1.165) is 49.1 Å². The summed E-state index contributed by atoms with van der Waals surface area (Å²) in [5.41, 5.74) is 3.53. The second-order valence-corrected chi connectivity index (χ2v) is 8.04. The van der Waals surface area contributed by atoms with E-state index in [0.29, 0.717) is 6.42 Å². The van der Waals surface area contributed by atoms with Crippen molar-refractivity contribution in [1.82, 2.24) is 15.3 Å². The van der Waals surface area contributed by atoms with Crippen LogP contribution in [0.15, 0.2) is 54.6 Å². The van der Waals surface area contributed by atoms with E-state index in [1.807, 2.05) is 24.3 Å². The first-order valence-corrected chi connectivity index (χ1v) is 10.5. The minimum absolute atomic E-state index is 0.105. The first kappa shape index (κ1) is 18.7. The number of aryl methyl sites for hydroxylation is 1. The maximum atomic E-state index is 12.5. The van der Waals surface area contributed by atoms with Gasteiger partial charge in [0.25, 0.3) is 0 Å². The van der Waals surface area contributed by atoms with Gasteiger partial charge in [0, 0.05) is 24.8 Å². The number of rotatable bonds is 7. The Kier molecular flexibility index (Phi) is 5.75. The molecule has 4 nitrogen and oxygen atoms in total. The highest BCUT2D eigenvalue weighted by atomic mass is 16.1. The molecule has 1 amide bonds. The summed E-state index contributed by atoms with van der Waals surface area (Å²) in [6, 6.07) is 18.8. The van der Waals surface area contributed by atoms with Crippen LogP contribution in [-0.2, 0) is 16.6 Å². The Morgan fingerprint density at radius 1 is 1.00 bits per heavy atom. The van der Waals surface area contributed by atoms with Crippen molar-refractivity contribution in [1.29, 1.82) is 0 Å². The molecule has 4 rings (SSSR count). The molecule has 4 heteroatoms. The van der Waals surface area contributed by atoms with Gasteiger partial charge in [0.2, 0.25) is 5.91 Å². The molecule has 1 aromatic heterocycles. The monoisotopic (exact) mass is 375 g/mol. The molecular weight excluding hydrogens is 346 g/mol. The number of hydrogen-bond donors (Lipinski definition) is 2. The molecule has 0 radical (unpaired) electrons. The van der Waals surface area contributed by atoms with Crippen LogP contribution < -0.4 is 5.32 Å². The van der Waals surface area contributed by atoms with E-state index in [1.54, 1.807) is 0 Å². The Balaban J connectivity index is 1.30. The Morgan fingerprint density at radius 2 is 1.75 bits per heavy atom. The van der Waals surface area contributed by atoms with E-state index in [9.17, 15) is 4.79 Å². The Morgan fingerprint density at radius 3 is 2.54 bits per heavy atom. The van der Waals surface area contributed by atoms with Gasteiger partial charge in [-0.1, -0.05) is 61.7 Å². The van der Waals surface area contributed by atoms with Gasteiger partial charge >= 0.3 is 0 Å². The van der Waals surface area contributed by atoms with Crippen molar-refractivity contribution in [3.63, 3.8) is 0 Å². The molecule has 3 aromatic rings. The summed E-state index contributed by atoms with van der Waals surface area (Å²) in [6.45, 7) is 0.750. The first-order chi connectivity index (χ1) is 13.8. The summed E-state index contributed by atoms with van der Waals surface area (Å²) < 4.78 is 0. The van der Waals surface area contributed by atoms with Crippen LogP contribution in [0.5, 0.6) is 0 Å². The van der Waals surface area contributed by atoms with Gasteiger partial charge in [0.05, 0.1) is 11.0 Å². The number of benzene rings is 2. The van der Waals surface area contributed by atoms with Gasteiger partial charge < -0.3 is 10.3 Å². The highest BCUT2D eigenvalue weighted by Gasteiger charge is 2.33. The number of H-pyrrole nitrogens is 1. The molecule has 1 aliphatic carbocycles. The molecule has 1 saturated carbocycles. The van der Waals surface area contributed by atoms with Gasteiger partial charge in [-0.3, -0.25) is 4.79 Å². The molecule has 0 aliphatic heterocycles. The molecule has 2 aromatic carbocycles. The fraction of sp³-hybridized carbons (Fsp3) is 0.417. The van der Waals surface area contributed by atoms with Crippen molar-refractivity contribution in [2.75, 3.05) is 6.54 Å². The molecule has 28 heavy (non-hydrogen) atoms. The molecule has 0 atom stereocenters. The second-order valence-electron chi connectivity index (χ2n) is 8.04. The van der Waals surface area contributed by atoms with E-state index in [-0.39, 0.29) is 11.3 Å². The summed E-state index contributed by atoms with van der Waals surface area (Å²) in [5.74, 6) is 1.11. The van der Waals surface area contributed by atoms with Gasteiger partial charge in [0.1, 0.15) is 5.82 Å². The van der Waals surface area contributed by atoms with Gasteiger partial charge in [-0.25, -0.2) is 4.98 Å². The molecule has 146 valence electrons. The number of nitrogens with zero attached hydrogens (tertiary/aromatic N) is 1. The molecule has 0 spiro atoms. The summed E-state index contributed by atoms with van der Waals surface area (Å²) in [7, 11) is 0. The summed E-state index contributed by atoms with van der Waals surface area (Å²) in [5, 5.41) is 3.24. The standard InChI is InChI=1S/C24H29N3O/c28-23(15-9-14-22-26-20-12-5-6-13-21(20)27-22)25-18-24(16-7-2-8-17-24)19-10-3-1-4-11-19/h1,3-6,10-13H,2,7-9,14-18H2,(H,25,28)(H,26,27). The lowest BCUT2D eigenvalue weighted by Gasteiger charge is -2.38. The zero-order chi connectivity index (χ0) is 19.2. The maximum absolute atomic E-state index is 12.5. The molecule has 1 heterocycles. The van der Waals surface area contributed by atoms with E-state index in [4.69, 9.17) is 0 Å². The summed E-state index contributed by atoms with van der Waals surface area (Å²) in [4.78, 5) is 20.4. The Bertz CT molecular complexity index is 877. The lowest BCUT2D eigenvalue weighted by atomic mass is 9.69. The average molecular weight is 376 g/mol. The third kappa shape index (κ3) is 4.27. The second kappa shape index (κ2) is 8.59. The van der Waals surface area contributed by atoms with Crippen molar-refractivity contribution < 1.29 is 4.79 Å². The fourth-order valence-electron chi connectivity index (χ4n) is 4.48. The molecule has 0 saturated heterocycles. The largest absolute Gasteiger partial charge is 0.355 e. The number of carbonyl (C=O) groups is 1. The van der Waals surface area contributed by atoms with Crippen molar-refractivity contribution in [3.05, 3.63) is 66.0 Å². The minimum Gasteiger partial charge on any atom is -0.355 e. The van der Waals surface area contributed by atoms with E-state index < -0.39 is 0 Å². The third-order valence-electron chi connectivity index (χ3n) is 6.08. The average Bonchev–Trinajstić information content (AvgIpc) is 3.16. The fourth-order valence-corrected chi connectivity index (χ4v) is 4.48. The predicted molar refractivity (Wildman–Crippen MR) is 113 cm³/mol. The number of nitrogens with one attached hydrogen (secondary N) is 2. The minimum atomic E-state index is 0.105. The number of hydrogen-bond acceptors (Lipinski definition) is 2. The molecule has 0 unspecified atom stereocenters. The third-order valence-corrected chi connectivity index (χ3v) is 6.08. The predicted octanol–water partition coefficient (Wildman–Crippen LogP) is 4.90. The normalized spacial score (nSPS) is 16.1. The molecular formula is C24H29N3O. The number of carbonyl (C=O) groups excluding carboxylic acids is 1. The Hall–Kier alpha value is -2.62.